The van der Waals surface area contributed by atoms with Gasteiger partial charge in [-0.25, -0.2) is 0 Å². The second-order valence-electron chi connectivity index (χ2n) is 2.65. The first-order valence-corrected chi connectivity index (χ1v) is 4.35. The Morgan fingerprint density at radius 2 is 2.21 bits per heavy atom. The third kappa shape index (κ3) is 1.54. The molecule has 4 heteroatoms. The highest BCUT2D eigenvalue weighted by atomic mass is 35.5. The number of hydrogen-bond donors (Lipinski definition) is 0. The maximum atomic E-state index is 10.4. The molecule has 2 heterocycles. The Kier molecular flexibility index (Phi) is 2.33. The van der Waals surface area contributed by atoms with Crippen LogP contribution in [0, 0.1) is 0 Å². The summed E-state index contributed by atoms with van der Waals surface area (Å²) in [5.41, 5.74) is 0.544. The molecule has 0 aliphatic heterocycles. The van der Waals surface area contributed by atoms with Crippen LogP contribution < -0.4 is 0 Å². The van der Waals surface area contributed by atoms with Gasteiger partial charge in [0, 0.05) is 6.20 Å². The molecule has 0 N–H and O–H groups in total. The molecule has 70 valence electrons. The van der Waals surface area contributed by atoms with Crippen LogP contribution in [-0.2, 0) is 0 Å². The van der Waals surface area contributed by atoms with Crippen LogP contribution in [0.25, 0.3) is 11.5 Å². The first-order valence-electron chi connectivity index (χ1n) is 3.97. The van der Waals surface area contributed by atoms with Crippen molar-refractivity contribution in [2.75, 3.05) is 0 Å². The lowest BCUT2D eigenvalue weighted by Gasteiger charge is -1.97. The van der Waals surface area contributed by atoms with Gasteiger partial charge in [0.2, 0.25) is 0 Å². The molecule has 2 aromatic heterocycles. The Labute approximate surface area is 85.3 Å². The maximum Gasteiger partial charge on any atom is 0.185 e. The molecule has 0 aliphatic carbocycles. The number of nitrogens with zero attached hydrogens (tertiary/aromatic N) is 1. The topological polar surface area (TPSA) is 43.1 Å². The molecule has 14 heavy (non-hydrogen) atoms. The fourth-order valence-corrected chi connectivity index (χ4v) is 1.33. The molecule has 0 amide bonds. The summed E-state index contributed by atoms with van der Waals surface area (Å²) < 4.78 is 5.18. The number of pyridine rings is 1. The summed E-state index contributed by atoms with van der Waals surface area (Å²) in [6, 6.07) is 6.69. The second kappa shape index (κ2) is 3.64. The summed E-state index contributed by atoms with van der Waals surface area (Å²) in [7, 11) is 0. The van der Waals surface area contributed by atoms with E-state index in [0.717, 1.165) is 0 Å². The Hall–Kier alpha value is -1.61. The van der Waals surface area contributed by atoms with Gasteiger partial charge in [0.15, 0.2) is 17.8 Å². The number of carbonyl (C=O) groups excluding carboxylic acids is 1. The molecule has 2 rings (SSSR count). The molecule has 0 radical (unpaired) electrons. The largest absolute Gasteiger partial charge is 0.452 e. The Morgan fingerprint density at radius 3 is 2.86 bits per heavy atom. The lowest BCUT2D eigenvalue weighted by molar-refractivity contribution is 0.110. The third-order valence-corrected chi connectivity index (χ3v) is 2.04. The Bertz CT molecular complexity index is 465. The number of aromatic nitrogens is 1. The van der Waals surface area contributed by atoms with Crippen LogP contribution >= 0.6 is 11.6 Å². The van der Waals surface area contributed by atoms with Gasteiger partial charge in [0.25, 0.3) is 0 Å². The predicted octanol–water partition coefficient (Wildman–Crippen LogP) is 2.81. The van der Waals surface area contributed by atoms with Crippen LogP contribution in [0.1, 0.15) is 10.6 Å². The lowest BCUT2D eigenvalue weighted by atomic mass is 10.3. The summed E-state index contributed by atoms with van der Waals surface area (Å²) in [5, 5.41) is 0.499. The first kappa shape index (κ1) is 8.97. The van der Waals surface area contributed by atoms with Gasteiger partial charge in [-0.1, -0.05) is 11.6 Å². The van der Waals surface area contributed by atoms with Gasteiger partial charge < -0.3 is 4.42 Å². The average molecular weight is 208 g/mol. The van der Waals surface area contributed by atoms with E-state index in [1.165, 1.54) is 0 Å². The normalized spacial score (nSPS) is 10.1. The first-order chi connectivity index (χ1) is 6.81. The maximum absolute atomic E-state index is 10.4. The van der Waals surface area contributed by atoms with Crippen molar-refractivity contribution in [3.8, 4) is 11.5 Å². The van der Waals surface area contributed by atoms with Crippen LogP contribution in [0.3, 0.4) is 0 Å². The number of rotatable bonds is 2. The van der Waals surface area contributed by atoms with Gasteiger partial charge in [0.1, 0.15) is 5.69 Å². The van der Waals surface area contributed by atoms with Crippen molar-refractivity contribution >= 4 is 17.9 Å². The van der Waals surface area contributed by atoms with Gasteiger partial charge in [-0.2, -0.15) is 0 Å². The fraction of sp³-hybridized carbons (Fsp3) is 0. The van der Waals surface area contributed by atoms with Gasteiger partial charge in [-0.15, -0.1) is 0 Å². The van der Waals surface area contributed by atoms with Crippen molar-refractivity contribution in [1.29, 1.82) is 0 Å². The van der Waals surface area contributed by atoms with E-state index >= 15 is 0 Å². The molecular weight excluding hydrogens is 202 g/mol. The van der Waals surface area contributed by atoms with Crippen LogP contribution in [-0.4, -0.2) is 11.3 Å². The summed E-state index contributed by atoms with van der Waals surface area (Å²) in [6.07, 6.45) is 2.25. The minimum Gasteiger partial charge on any atom is -0.452 e. The molecule has 0 saturated heterocycles. The van der Waals surface area contributed by atoms with Crippen molar-refractivity contribution in [1.82, 2.24) is 4.98 Å². The van der Waals surface area contributed by atoms with Crippen molar-refractivity contribution in [2.24, 2.45) is 0 Å². The minimum atomic E-state index is 0.265. The van der Waals surface area contributed by atoms with E-state index in [2.05, 4.69) is 4.98 Å². The van der Waals surface area contributed by atoms with E-state index in [1.807, 2.05) is 0 Å². The van der Waals surface area contributed by atoms with Crippen molar-refractivity contribution in [3.63, 3.8) is 0 Å². The quantitative estimate of drug-likeness (QED) is 0.712. The summed E-state index contributed by atoms with van der Waals surface area (Å²) in [5.74, 6) is 0.763. The molecule has 0 saturated carbocycles. The Balaban J connectivity index is 2.49. The number of furan rings is 1. The lowest BCUT2D eigenvalue weighted by Crippen LogP contribution is -1.80. The SMILES string of the molecule is O=Cc1ccc(-c2ncccc2Cl)o1. The summed E-state index contributed by atoms with van der Waals surface area (Å²) >= 11 is 5.90. The standard InChI is InChI=1S/C10H6ClNO2/c11-8-2-1-5-12-10(8)9-4-3-7(6-13)14-9/h1-6H. The van der Waals surface area contributed by atoms with Gasteiger partial charge in [-0.05, 0) is 24.3 Å². The average Bonchev–Trinajstić information content (AvgIpc) is 2.67. The molecule has 0 unspecified atom stereocenters. The van der Waals surface area contributed by atoms with Crippen molar-refractivity contribution < 1.29 is 9.21 Å². The van der Waals surface area contributed by atoms with Crippen LogP contribution in [0.2, 0.25) is 5.02 Å². The molecule has 0 atom stereocenters. The van der Waals surface area contributed by atoms with Crippen molar-refractivity contribution in [3.05, 3.63) is 41.2 Å². The molecule has 3 nitrogen and oxygen atoms in total. The molecule has 0 aliphatic rings. The molecule has 0 fully saturated rings. The Morgan fingerprint density at radius 1 is 1.36 bits per heavy atom. The van der Waals surface area contributed by atoms with Gasteiger partial charge in [-0.3, -0.25) is 9.78 Å². The number of carbonyl (C=O) groups is 1. The minimum absolute atomic E-state index is 0.265. The van der Waals surface area contributed by atoms with E-state index in [1.54, 1.807) is 30.5 Å². The van der Waals surface area contributed by atoms with Crippen molar-refractivity contribution in [2.45, 2.75) is 0 Å². The van der Waals surface area contributed by atoms with Gasteiger partial charge >= 0.3 is 0 Å². The van der Waals surface area contributed by atoms with E-state index in [0.29, 0.717) is 22.8 Å². The zero-order chi connectivity index (χ0) is 9.97. The van der Waals surface area contributed by atoms with Crippen LogP contribution in [0.5, 0.6) is 0 Å². The van der Waals surface area contributed by atoms with E-state index in [9.17, 15) is 4.79 Å². The summed E-state index contributed by atoms with van der Waals surface area (Å²) in [6.45, 7) is 0. The predicted molar refractivity (Wildman–Crippen MR) is 52.3 cm³/mol. The van der Waals surface area contributed by atoms with E-state index < -0.39 is 0 Å². The fourth-order valence-electron chi connectivity index (χ4n) is 1.11. The zero-order valence-electron chi connectivity index (χ0n) is 7.11. The van der Waals surface area contributed by atoms with E-state index in [-0.39, 0.29) is 5.76 Å². The van der Waals surface area contributed by atoms with E-state index in [4.69, 9.17) is 16.0 Å². The highest BCUT2D eigenvalue weighted by molar-refractivity contribution is 6.32. The monoisotopic (exact) mass is 207 g/mol. The van der Waals surface area contributed by atoms with Crippen LogP contribution in [0.4, 0.5) is 0 Å². The smallest absolute Gasteiger partial charge is 0.185 e. The molecular formula is C10H6ClNO2. The molecule has 0 aromatic carbocycles. The third-order valence-electron chi connectivity index (χ3n) is 1.73. The zero-order valence-corrected chi connectivity index (χ0v) is 7.86. The van der Waals surface area contributed by atoms with Gasteiger partial charge in [0.05, 0.1) is 5.02 Å². The molecule has 2 aromatic rings. The number of hydrogen-bond acceptors (Lipinski definition) is 3. The number of aldehydes is 1. The summed E-state index contributed by atoms with van der Waals surface area (Å²) in [4.78, 5) is 14.4. The molecule has 0 spiro atoms. The second-order valence-corrected chi connectivity index (χ2v) is 3.06. The molecule has 0 bridgehead atoms. The van der Waals surface area contributed by atoms with Crippen LogP contribution in [0.15, 0.2) is 34.9 Å². The number of halogens is 1. The highest BCUT2D eigenvalue weighted by Crippen LogP contribution is 2.26. The highest BCUT2D eigenvalue weighted by Gasteiger charge is 2.08.